The van der Waals surface area contributed by atoms with E-state index >= 15 is 0 Å². The minimum Gasteiger partial charge on any atom is -0.478 e. The zero-order valence-corrected chi connectivity index (χ0v) is 11.5. The van der Waals surface area contributed by atoms with Gasteiger partial charge in [-0.15, -0.1) is 0 Å². The largest absolute Gasteiger partial charge is 0.478 e. The molecule has 0 atom stereocenters. The van der Waals surface area contributed by atoms with Crippen LogP contribution >= 0.6 is 23.4 Å². The molecule has 0 aliphatic rings. The topological polar surface area (TPSA) is 80.4 Å². The maximum Gasteiger partial charge on any atom is 0.337 e. The van der Waals surface area contributed by atoms with Crippen molar-refractivity contribution in [2.24, 2.45) is 0 Å². The first-order chi connectivity index (χ1) is 9.49. The number of carbonyl (C=O) groups is 1. The number of nitro groups is 1. The summed E-state index contributed by atoms with van der Waals surface area (Å²) in [6.07, 6.45) is 0. The number of non-ortho nitro benzene ring substituents is 1. The summed E-state index contributed by atoms with van der Waals surface area (Å²) in [6.45, 7) is 0. The number of halogens is 1. The van der Waals surface area contributed by atoms with Gasteiger partial charge in [0.1, 0.15) is 0 Å². The van der Waals surface area contributed by atoms with E-state index in [9.17, 15) is 20.0 Å². The van der Waals surface area contributed by atoms with Crippen molar-refractivity contribution in [2.45, 2.75) is 9.79 Å². The molecule has 7 heteroatoms. The van der Waals surface area contributed by atoms with E-state index in [0.29, 0.717) is 0 Å². The molecular formula is C13H8ClNO4S. The fraction of sp³-hybridized carbons (Fsp3) is 0. The molecule has 5 nitrogen and oxygen atoms in total. The van der Waals surface area contributed by atoms with Crippen molar-refractivity contribution < 1.29 is 14.8 Å². The second kappa shape index (κ2) is 5.94. The molecule has 2 aromatic rings. The number of carboxylic acid groups (broad SMARTS) is 1. The van der Waals surface area contributed by atoms with Gasteiger partial charge in [-0.2, -0.15) is 0 Å². The minimum absolute atomic E-state index is 0.0467. The highest BCUT2D eigenvalue weighted by Crippen LogP contribution is 2.38. The monoisotopic (exact) mass is 309 g/mol. The highest BCUT2D eigenvalue weighted by Gasteiger charge is 2.20. The van der Waals surface area contributed by atoms with Gasteiger partial charge in [-0.25, -0.2) is 4.79 Å². The number of nitro benzene ring substituents is 1. The molecule has 0 saturated carbocycles. The SMILES string of the molecule is O=C(O)c1cc([N+](=O)[O-])cc(Cl)c1Sc1ccccc1. The van der Waals surface area contributed by atoms with Gasteiger partial charge in [0.25, 0.3) is 5.69 Å². The molecule has 2 rings (SSSR count). The number of nitrogens with zero attached hydrogens (tertiary/aromatic N) is 1. The molecule has 0 aromatic heterocycles. The van der Waals surface area contributed by atoms with Gasteiger partial charge in [-0.05, 0) is 12.1 Å². The lowest BCUT2D eigenvalue weighted by Gasteiger charge is -2.08. The fourth-order valence-electron chi connectivity index (χ4n) is 1.55. The van der Waals surface area contributed by atoms with Crippen LogP contribution in [-0.4, -0.2) is 16.0 Å². The fourth-order valence-corrected chi connectivity index (χ4v) is 2.82. The van der Waals surface area contributed by atoms with Crippen LogP contribution in [0, 0.1) is 10.1 Å². The van der Waals surface area contributed by atoms with E-state index in [0.717, 1.165) is 28.8 Å². The predicted molar refractivity (Wildman–Crippen MR) is 75.6 cm³/mol. The molecule has 2 aromatic carbocycles. The van der Waals surface area contributed by atoms with E-state index in [1.807, 2.05) is 18.2 Å². The summed E-state index contributed by atoms with van der Waals surface area (Å²) < 4.78 is 0. The van der Waals surface area contributed by atoms with Gasteiger partial charge < -0.3 is 5.11 Å². The molecule has 0 saturated heterocycles. The highest BCUT2D eigenvalue weighted by atomic mass is 35.5. The Balaban J connectivity index is 2.51. The second-order valence-corrected chi connectivity index (χ2v) is 5.27. The molecule has 0 fully saturated rings. The van der Waals surface area contributed by atoms with Crippen molar-refractivity contribution in [1.29, 1.82) is 0 Å². The van der Waals surface area contributed by atoms with Gasteiger partial charge in [0.15, 0.2) is 0 Å². The molecule has 0 spiro atoms. The Hall–Kier alpha value is -2.05. The molecule has 0 heterocycles. The van der Waals surface area contributed by atoms with Crippen LogP contribution in [0.5, 0.6) is 0 Å². The smallest absolute Gasteiger partial charge is 0.337 e. The zero-order valence-electron chi connectivity index (χ0n) is 9.95. The van der Waals surface area contributed by atoms with Crippen LogP contribution in [0.3, 0.4) is 0 Å². The molecule has 0 amide bonds. The van der Waals surface area contributed by atoms with Crippen LogP contribution < -0.4 is 0 Å². The molecule has 0 radical (unpaired) electrons. The Morgan fingerprint density at radius 1 is 1.25 bits per heavy atom. The zero-order chi connectivity index (χ0) is 14.7. The van der Waals surface area contributed by atoms with Crippen molar-refractivity contribution in [3.8, 4) is 0 Å². The molecule has 0 aliphatic carbocycles. The molecule has 0 aliphatic heterocycles. The quantitative estimate of drug-likeness (QED) is 0.679. The predicted octanol–water partition coefficient (Wildman–Crippen LogP) is 4.10. The molecule has 0 bridgehead atoms. The number of aromatic carboxylic acids is 1. The Morgan fingerprint density at radius 2 is 1.90 bits per heavy atom. The van der Waals surface area contributed by atoms with Crippen LogP contribution in [0.15, 0.2) is 52.3 Å². The molecule has 20 heavy (non-hydrogen) atoms. The molecular weight excluding hydrogens is 302 g/mol. The van der Waals surface area contributed by atoms with E-state index in [1.54, 1.807) is 12.1 Å². The van der Waals surface area contributed by atoms with Crippen LogP contribution in [0.25, 0.3) is 0 Å². The summed E-state index contributed by atoms with van der Waals surface area (Å²) in [5, 5.41) is 20.0. The lowest BCUT2D eigenvalue weighted by molar-refractivity contribution is -0.384. The van der Waals surface area contributed by atoms with Crippen molar-refractivity contribution in [3.05, 3.63) is 63.2 Å². The van der Waals surface area contributed by atoms with Gasteiger partial charge in [-0.1, -0.05) is 41.6 Å². The molecule has 102 valence electrons. The van der Waals surface area contributed by atoms with Crippen molar-refractivity contribution in [3.63, 3.8) is 0 Å². The second-order valence-electron chi connectivity index (χ2n) is 3.78. The number of rotatable bonds is 4. The van der Waals surface area contributed by atoms with E-state index in [-0.39, 0.29) is 21.2 Å². The maximum absolute atomic E-state index is 11.2. The maximum atomic E-state index is 11.2. The van der Waals surface area contributed by atoms with Gasteiger partial charge in [0, 0.05) is 21.9 Å². The average Bonchev–Trinajstić information content (AvgIpc) is 2.41. The number of hydrogen-bond donors (Lipinski definition) is 1. The summed E-state index contributed by atoms with van der Waals surface area (Å²) in [4.78, 5) is 22.4. The number of benzene rings is 2. The standard InChI is InChI=1S/C13H8ClNO4S/c14-11-7-8(15(18)19)6-10(13(16)17)12(11)20-9-4-2-1-3-5-9/h1-7H,(H,16,17). The third-order valence-electron chi connectivity index (χ3n) is 2.43. The summed E-state index contributed by atoms with van der Waals surface area (Å²) in [6, 6.07) is 11.2. The van der Waals surface area contributed by atoms with Crippen LogP contribution in [-0.2, 0) is 0 Å². The molecule has 0 unspecified atom stereocenters. The molecule has 1 N–H and O–H groups in total. The summed E-state index contributed by atoms with van der Waals surface area (Å²) in [7, 11) is 0. The summed E-state index contributed by atoms with van der Waals surface area (Å²) in [5.41, 5.74) is -0.525. The van der Waals surface area contributed by atoms with Crippen molar-refractivity contribution in [2.75, 3.05) is 0 Å². The first-order valence-corrected chi connectivity index (χ1v) is 6.62. The summed E-state index contributed by atoms with van der Waals surface area (Å²) >= 11 is 7.14. The van der Waals surface area contributed by atoms with Crippen LogP contribution in [0.2, 0.25) is 5.02 Å². The third kappa shape index (κ3) is 3.09. The van der Waals surface area contributed by atoms with Crippen LogP contribution in [0.1, 0.15) is 10.4 Å². The van der Waals surface area contributed by atoms with E-state index in [1.165, 1.54) is 0 Å². The van der Waals surface area contributed by atoms with Gasteiger partial charge in [-0.3, -0.25) is 10.1 Å². The van der Waals surface area contributed by atoms with E-state index in [4.69, 9.17) is 11.6 Å². The van der Waals surface area contributed by atoms with E-state index < -0.39 is 10.9 Å². The van der Waals surface area contributed by atoms with Gasteiger partial charge in [0.05, 0.1) is 15.5 Å². The number of hydrogen-bond acceptors (Lipinski definition) is 4. The van der Waals surface area contributed by atoms with Crippen molar-refractivity contribution >= 4 is 35.0 Å². The third-order valence-corrected chi connectivity index (χ3v) is 3.99. The Labute approximate surface area is 123 Å². The number of carboxylic acids is 1. The van der Waals surface area contributed by atoms with Gasteiger partial charge in [0.2, 0.25) is 0 Å². The lowest BCUT2D eigenvalue weighted by atomic mass is 10.2. The Morgan fingerprint density at radius 3 is 2.45 bits per heavy atom. The van der Waals surface area contributed by atoms with Gasteiger partial charge >= 0.3 is 5.97 Å². The highest BCUT2D eigenvalue weighted by molar-refractivity contribution is 7.99. The lowest BCUT2D eigenvalue weighted by Crippen LogP contribution is -2.01. The Kier molecular flexibility index (Phi) is 4.26. The van der Waals surface area contributed by atoms with E-state index in [2.05, 4.69) is 0 Å². The van der Waals surface area contributed by atoms with Crippen molar-refractivity contribution in [1.82, 2.24) is 0 Å². The summed E-state index contributed by atoms with van der Waals surface area (Å²) in [5.74, 6) is -1.26. The minimum atomic E-state index is -1.26. The van der Waals surface area contributed by atoms with Crippen LogP contribution in [0.4, 0.5) is 5.69 Å². The first kappa shape index (κ1) is 14.4. The average molecular weight is 310 g/mol. The normalized spacial score (nSPS) is 10.2. The first-order valence-electron chi connectivity index (χ1n) is 5.43. The Bertz CT molecular complexity index is 676.